The van der Waals surface area contributed by atoms with E-state index in [9.17, 15) is 5.11 Å². The molecule has 19 heavy (non-hydrogen) atoms. The van der Waals surface area contributed by atoms with E-state index < -0.39 is 6.10 Å². The van der Waals surface area contributed by atoms with Gasteiger partial charge in [0.25, 0.3) is 0 Å². The molecule has 1 heterocycles. The predicted molar refractivity (Wildman–Crippen MR) is 77.9 cm³/mol. The molecule has 3 rings (SSSR count). The molecule has 1 N–H and O–H groups in total. The van der Waals surface area contributed by atoms with Crippen molar-refractivity contribution in [3.63, 3.8) is 0 Å². The normalized spacial score (nSPS) is 17.2. The molecule has 98 valence electrons. The lowest BCUT2D eigenvalue weighted by atomic mass is 9.91. The van der Waals surface area contributed by atoms with Crippen LogP contribution in [-0.4, -0.2) is 10.1 Å². The van der Waals surface area contributed by atoms with E-state index in [-0.39, 0.29) is 0 Å². The minimum atomic E-state index is -0.407. The molecule has 1 aromatic carbocycles. The molecule has 0 aliphatic heterocycles. The van der Waals surface area contributed by atoms with Crippen LogP contribution in [0.4, 0.5) is 0 Å². The molecule has 0 amide bonds. The fourth-order valence-electron chi connectivity index (χ4n) is 2.89. The highest BCUT2D eigenvalue weighted by Crippen LogP contribution is 2.31. The fourth-order valence-corrected chi connectivity index (χ4v) is 2.89. The molecule has 0 fully saturated rings. The Bertz CT molecular complexity index is 598. The van der Waals surface area contributed by atoms with Crippen molar-refractivity contribution in [3.05, 3.63) is 53.9 Å². The Hall–Kier alpha value is -1.67. The highest BCUT2D eigenvalue weighted by Gasteiger charge is 2.14. The van der Waals surface area contributed by atoms with Gasteiger partial charge in [-0.15, -0.1) is 0 Å². The fraction of sp³-hybridized carbons (Fsp3) is 0.353. The summed E-state index contributed by atoms with van der Waals surface area (Å²) in [6.07, 6.45) is 11.2. The van der Waals surface area contributed by atoms with Crippen molar-refractivity contribution in [1.29, 1.82) is 0 Å². The third-order valence-corrected chi connectivity index (χ3v) is 3.91. The summed E-state index contributed by atoms with van der Waals surface area (Å²) in [5, 5.41) is 12.7. The van der Waals surface area contributed by atoms with Crippen LogP contribution in [0.3, 0.4) is 0 Å². The Morgan fingerprint density at radius 3 is 3.00 bits per heavy atom. The summed E-state index contributed by atoms with van der Waals surface area (Å²) in [4.78, 5) is 4.14. The van der Waals surface area contributed by atoms with Gasteiger partial charge in [0.05, 0.1) is 6.10 Å². The molecule has 2 nitrogen and oxygen atoms in total. The van der Waals surface area contributed by atoms with Crippen LogP contribution in [0.5, 0.6) is 0 Å². The van der Waals surface area contributed by atoms with Gasteiger partial charge in [-0.25, -0.2) is 0 Å². The molecule has 1 atom stereocenters. The minimum absolute atomic E-state index is 0.407. The quantitative estimate of drug-likeness (QED) is 0.833. The Morgan fingerprint density at radius 1 is 1.21 bits per heavy atom. The molecule has 0 saturated carbocycles. The zero-order valence-corrected chi connectivity index (χ0v) is 11.0. The molecule has 2 aromatic rings. The highest BCUT2D eigenvalue weighted by molar-refractivity contribution is 5.85. The molecule has 1 unspecified atom stereocenters. The van der Waals surface area contributed by atoms with Gasteiger partial charge in [-0.1, -0.05) is 29.8 Å². The van der Waals surface area contributed by atoms with E-state index in [2.05, 4.69) is 11.1 Å². The number of rotatable bonds is 3. The average Bonchev–Trinajstić information content (AvgIpc) is 2.47. The molecule has 0 spiro atoms. The second kappa shape index (κ2) is 5.54. The molecule has 1 aliphatic rings. The van der Waals surface area contributed by atoms with Crippen LogP contribution >= 0.6 is 0 Å². The molecule has 2 heteroatoms. The van der Waals surface area contributed by atoms with E-state index in [0.29, 0.717) is 0 Å². The molecule has 1 aromatic heterocycles. The Labute approximate surface area is 113 Å². The van der Waals surface area contributed by atoms with Gasteiger partial charge in [0.15, 0.2) is 0 Å². The second-order valence-electron chi connectivity index (χ2n) is 5.27. The summed E-state index contributed by atoms with van der Waals surface area (Å²) in [5.74, 6) is 0. The second-order valence-corrected chi connectivity index (χ2v) is 5.27. The number of aliphatic hydroxyl groups excluding tert-OH is 1. The summed E-state index contributed by atoms with van der Waals surface area (Å²) in [6, 6.07) is 8.05. The monoisotopic (exact) mass is 253 g/mol. The maximum absolute atomic E-state index is 10.5. The topological polar surface area (TPSA) is 33.1 Å². The van der Waals surface area contributed by atoms with Crippen LogP contribution in [0.1, 0.15) is 43.8 Å². The third kappa shape index (κ3) is 2.69. The van der Waals surface area contributed by atoms with Gasteiger partial charge < -0.3 is 5.11 Å². The molecule has 0 radical (unpaired) electrons. The summed E-state index contributed by atoms with van der Waals surface area (Å²) in [7, 11) is 0. The number of hydrogen-bond donors (Lipinski definition) is 1. The number of allylic oxidation sites excluding steroid dienone is 1. The SMILES string of the molecule is OC(CC1=CCCCC1)c1cccc2cnccc12. The third-order valence-electron chi connectivity index (χ3n) is 3.91. The lowest BCUT2D eigenvalue weighted by molar-refractivity contribution is 0.178. The number of benzene rings is 1. The summed E-state index contributed by atoms with van der Waals surface area (Å²) in [5.41, 5.74) is 2.43. The lowest BCUT2D eigenvalue weighted by Gasteiger charge is -2.18. The number of fused-ring (bicyclic) bond motifs is 1. The number of aliphatic hydroxyl groups is 1. The maximum Gasteiger partial charge on any atom is 0.0833 e. The standard InChI is InChI=1S/C17H19NO/c19-17(11-13-5-2-1-3-6-13)16-8-4-7-14-12-18-10-9-15(14)16/h4-5,7-10,12,17,19H,1-3,6,11H2. The molecular formula is C17H19NO. The van der Waals surface area contributed by atoms with Crippen LogP contribution in [0.25, 0.3) is 10.8 Å². The van der Waals surface area contributed by atoms with Crippen LogP contribution in [-0.2, 0) is 0 Å². The number of pyridine rings is 1. The largest absolute Gasteiger partial charge is 0.388 e. The van der Waals surface area contributed by atoms with E-state index in [1.807, 2.05) is 30.5 Å². The maximum atomic E-state index is 10.5. The summed E-state index contributed by atoms with van der Waals surface area (Å²) < 4.78 is 0. The van der Waals surface area contributed by atoms with Crippen molar-refractivity contribution in [2.75, 3.05) is 0 Å². The number of aromatic nitrogens is 1. The van der Waals surface area contributed by atoms with E-state index in [4.69, 9.17) is 0 Å². The first-order valence-corrected chi connectivity index (χ1v) is 7.03. The van der Waals surface area contributed by atoms with Gasteiger partial charge in [0.1, 0.15) is 0 Å². The zero-order chi connectivity index (χ0) is 13.1. The van der Waals surface area contributed by atoms with Crippen molar-refractivity contribution in [3.8, 4) is 0 Å². The van der Waals surface area contributed by atoms with Crippen molar-refractivity contribution >= 4 is 10.8 Å². The van der Waals surface area contributed by atoms with Gasteiger partial charge >= 0.3 is 0 Å². The van der Waals surface area contributed by atoms with Gasteiger partial charge in [0.2, 0.25) is 0 Å². The first-order valence-electron chi connectivity index (χ1n) is 7.03. The van der Waals surface area contributed by atoms with Crippen molar-refractivity contribution < 1.29 is 5.11 Å². The molecular weight excluding hydrogens is 234 g/mol. The van der Waals surface area contributed by atoms with E-state index in [0.717, 1.165) is 29.2 Å². The summed E-state index contributed by atoms with van der Waals surface area (Å²) >= 11 is 0. The lowest BCUT2D eigenvalue weighted by Crippen LogP contribution is -2.02. The van der Waals surface area contributed by atoms with Crippen molar-refractivity contribution in [2.45, 2.75) is 38.2 Å². The Kier molecular flexibility index (Phi) is 3.60. The van der Waals surface area contributed by atoms with E-state index in [1.165, 1.54) is 24.8 Å². The molecule has 0 saturated heterocycles. The zero-order valence-electron chi connectivity index (χ0n) is 11.0. The van der Waals surface area contributed by atoms with Crippen LogP contribution in [0.15, 0.2) is 48.3 Å². The number of nitrogens with zero attached hydrogens (tertiary/aromatic N) is 1. The molecule has 1 aliphatic carbocycles. The molecule has 0 bridgehead atoms. The number of hydrogen-bond acceptors (Lipinski definition) is 2. The first kappa shape index (κ1) is 12.4. The van der Waals surface area contributed by atoms with Gasteiger partial charge in [-0.3, -0.25) is 4.98 Å². The highest BCUT2D eigenvalue weighted by atomic mass is 16.3. The van der Waals surface area contributed by atoms with Crippen LogP contribution in [0.2, 0.25) is 0 Å². The van der Waals surface area contributed by atoms with Crippen LogP contribution in [0, 0.1) is 0 Å². The summed E-state index contributed by atoms with van der Waals surface area (Å²) in [6.45, 7) is 0. The minimum Gasteiger partial charge on any atom is -0.388 e. The van der Waals surface area contributed by atoms with Crippen LogP contribution < -0.4 is 0 Å². The average molecular weight is 253 g/mol. The van der Waals surface area contributed by atoms with E-state index >= 15 is 0 Å². The van der Waals surface area contributed by atoms with Gasteiger partial charge in [0, 0.05) is 17.8 Å². The van der Waals surface area contributed by atoms with Gasteiger partial charge in [-0.2, -0.15) is 0 Å². The Morgan fingerprint density at radius 2 is 2.16 bits per heavy atom. The van der Waals surface area contributed by atoms with Crippen molar-refractivity contribution in [1.82, 2.24) is 4.98 Å². The Balaban J connectivity index is 1.88. The predicted octanol–water partition coefficient (Wildman–Crippen LogP) is 4.16. The van der Waals surface area contributed by atoms with Gasteiger partial charge in [-0.05, 0) is 49.1 Å². The first-order chi connectivity index (χ1) is 9.34. The van der Waals surface area contributed by atoms with Crippen molar-refractivity contribution in [2.24, 2.45) is 0 Å². The van der Waals surface area contributed by atoms with E-state index in [1.54, 1.807) is 6.20 Å². The smallest absolute Gasteiger partial charge is 0.0833 e.